The van der Waals surface area contributed by atoms with E-state index in [1.165, 1.54) is 6.07 Å². The van der Waals surface area contributed by atoms with Gasteiger partial charge in [-0.25, -0.2) is 9.78 Å². The zero-order valence-corrected chi connectivity index (χ0v) is 9.38. The molecule has 0 radical (unpaired) electrons. The van der Waals surface area contributed by atoms with Gasteiger partial charge in [0.1, 0.15) is 18.2 Å². The number of rotatable bonds is 2. The Labute approximate surface area is 98.2 Å². The Kier molecular flexibility index (Phi) is 4.30. The Morgan fingerprint density at radius 2 is 2.00 bits per heavy atom. The summed E-state index contributed by atoms with van der Waals surface area (Å²) < 4.78 is 10.8. The lowest BCUT2D eigenvalue weighted by atomic mass is 10.2. The number of carbonyl (C=O) groups excluding carboxylic acids is 1. The SMILES string of the molecule is C=O.CC1(c2cccc(C(=O)O)n2)OCCO1. The van der Waals surface area contributed by atoms with Crippen LogP contribution in [0.1, 0.15) is 23.1 Å². The molecule has 1 aliphatic rings. The summed E-state index contributed by atoms with van der Waals surface area (Å²) in [6.07, 6.45) is 0. The highest BCUT2D eigenvalue weighted by Gasteiger charge is 2.34. The molecule has 1 aliphatic heterocycles. The predicted molar refractivity (Wildman–Crippen MR) is 57.6 cm³/mol. The van der Waals surface area contributed by atoms with Gasteiger partial charge < -0.3 is 19.4 Å². The van der Waals surface area contributed by atoms with E-state index >= 15 is 0 Å². The molecule has 0 bridgehead atoms. The minimum atomic E-state index is -1.06. The highest BCUT2D eigenvalue weighted by atomic mass is 16.7. The van der Waals surface area contributed by atoms with Crippen molar-refractivity contribution in [2.24, 2.45) is 0 Å². The molecule has 1 fully saturated rings. The van der Waals surface area contributed by atoms with Crippen LogP contribution >= 0.6 is 0 Å². The van der Waals surface area contributed by atoms with Crippen molar-refractivity contribution in [1.82, 2.24) is 4.98 Å². The summed E-state index contributed by atoms with van der Waals surface area (Å²) in [6, 6.07) is 4.75. The van der Waals surface area contributed by atoms with Crippen LogP contribution in [0.5, 0.6) is 0 Å². The first-order valence-corrected chi connectivity index (χ1v) is 4.89. The van der Waals surface area contributed by atoms with Crippen LogP contribution in [0.15, 0.2) is 18.2 Å². The lowest BCUT2D eigenvalue weighted by Gasteiger charge is -2.21. The molecular weight excluding hydrogens is 226 g/mol. The van der Waals surface area contributed by atoms with E-state index in [-0.39, 0.29) is 5.69 Å². The third-order valence-corrected chi connectivity index (χ3v) is 2.27. The van der Waals surface area contributed by atoms with Crippen molar-refractivity contribution in [1.29, 1.82) is 0 Å². The Bertz CT molecular complexity index is 401. The largest absolute Gasteiger partial charge is 0.477 e. The van der Waals surface area contributed by atoms with Crippen LogP contribution in [0.3, 0.4) is 0 Å². The maximum absolute atomic E-state index is 10.7. The minimum Gasteiger partial charge on any atom is -0.477 e. The number of pyridine rings is 1. The molecular formula is C11H13NO5. The fraction of sp³-hybridized carbons (Fsp3) is 0.364. The van der Waals surface area contributed by atoms with Gasteiger partial charge in [0.15, 0.2) is 0 Å². The Hall–Kier alpha value is -1.79. The van der Waals surface area contributed by atoms with E-state index in [4.69, 9.17) is 19.4 Å². The van der Waals surface area contributed by atoms with E-state index in [9.17, 15) is 4.79 Å². The van der Waals surface area contributed by atoms with Gasteiger partial charge in [-0.15, -0.1) is 0 Å². The molecule has 1 aromatic rings. The van der Waals surface area contributed by atoms with Crippen LogP contribution in [0, 0.1) is 0 Å². The average molecular weight is 239 g/mol. The monoisotopic (exact) mass is 239 g/mol. The topological polar surface area (TPSA) is 85.7 Å². The van der Waals surface area contributed by atoms with Crippen LogP contribution in [0.4, 0.5) is 0 Å². The van der Waals surface area contributed by atoms with Gasteiger partial charge in [0.25, 0.3) is 0 Å². The first-order valence-electron chi connectivity index (χ1n) is 4.89. The van der Waals surface area contributed by atoms with Crippen LogP contribution in [-0.4, -0.2) is 36.1 Å². The molecule has 0 unspecified atom stereocenters. The van der Waals surface area contributed by atoms with E-state index in [0.717, 1.165) is 0 Å². The van der Waals surface area contributed by atoms with Crippen LogP contribution in [0.25, 0.3) is 0 Å². The van der Waals surface area contributed by atoms with Crippen LogP contribution in [0.2, 0.25) is 0 Å². The Balaban J connectivity index is 0.000000686. The molecule has 1 N–H and O–H groups in total. The second kappa shape index (κ2) is 5.51. The van der Waals surface area contributed by atoms with Crippen molar-refractivity contribution in [2.75, 3.05) is 13.2 Å². The van der Waals surface area contributed by atoms with Gasteiger partial charge in [0.2, 0.25) is 5.79 Å². The summed E-state index contributed by atoms with van der Waals surface area (Å²) >= 11 is 0. The maximum atomic E-state index is 10.7. The van der Waals surface area contributed by atoms with Crippen molar-refractivity contribution in [2.45, 2.75) is 12.7 Å². The molecule has 1 aromatic heterocycles. The molecule has 1 saturated heterocycles. The number of nitrogens with zero attached hydrogens (tertiary/aromatic N) is 1. The summed E-state index contributed by atoms with van der Waals surface area (Å²) in [5, 5.41) is 8.79. The van der Waals surface area contributed by atoms with E-state index in [2.05, 4.69) is 4.98 Å². The van der Waals surface area contributed by atoms with Crippen LogP contribution < -0.4 is 0 Å². The van der Waals surface area contributed by atoms with Gasteiger partial charge in [-0.3, -0.25) is 0 Å². The Morgan fingerprint density at radius 3 is 2.53 bits per heavy atom. The summed E-state index contributed by atoms with van der Waals surface area (Å²) in [5.41, 5.74) is 0.479. The fourth-order valence-corrected chi connectivity index (χ4v) is 1.47. The number of carboxylic acids is 1. The molecule has 2 heterocycles. The molecule has 0 spiro atoms. The second-order valence-electron chi connectivity index (χ2n) is 3.36. The van der Waals surface area contributed by atoms with Crippen LogP contribution in [-0.2, 0) is 20.1 Å². The molecule has 6 nitrogen and oxygen atoms in total. The van der Waals surface area contributed by atoms with Crippen molar-refractivity contribution in [3.8, 4) is 0 Å². The number of hydrogen-bond donors (Lipinski definition) is 1. The Morgan fingerprint density at radius 1 is 1.41 bits per heavy atom. The van der Waals surface area contributed by atoms with Crippen molar-refractivity contribution in [3.05, 3.63) is 29.6 Å². The summed E-state index contributed by atoms with van der Waals surface area (Å²) in [5.74, 6) is -1.97. The zero-order chi connectivity index (χ0) is 12.9. The first-order chi connectivity index (χ1) is 8.12. The quantitative estimate of drug-likeness (QED) is 0.822. The van der Waals surface area contributed by atoms with Crippen molar-refractivity contribution in [3.63, 3.8) is 0 Å². The molecule has 92 valence electrons. The molecule has 17 heavy (non-hydrogen) atoms. The molecule has 0 amide bonds. The van der Waals surface area contributed by atoms with Gasteiger partial charge in [-0.2, -0.15) is 0 Å². The highest BCUT2D eigenvalue weighted by molar-refractivity contribution is 5.85. The molecule has 0 aromatic carbocycles. The molecule has 0 saturated carbocycles. The van der Waals surface area contributed by atoms with Crippen molar-refractivity contribution < 1.29 is 24.2 Å². The maximum Gasteiger partial charge on any atom is 0.354 e. The van der Waals surface area contributed by atoms with Gasteiger partial charge in [0.05, 0.1) is 13.2 Å². The van der Waals surface area contributed by atoms with E-state index in [1.54, 1.807) is 19.1 Å². The van der Waals surface area contributed by atoms with Gasteiger partial charge in [0, 0.05) is 0 Å². The van der Waals surface area contributed by atoms with Gasteiger partial charge in [-0.05, 0) is 19.1 Å². The number of aromatic nitrogens is 1. The highest BCUT2D eigenvalue weighted by Crippen LogP contribution is 2.29. The number of ether oxygens (including phenoxy) is 2. The number of hydrogen-bond acceptors (Lipinski definition) is 5. The number of aromatic carboxylic acids is 1. The minimum absolute atomic E-state index is 0.00664. The lowest BCUT2D eigenvalue weighted by Crippen LogP contribution is -2.24. The first kappa shape index (κ1) is 13.3. The van der Waals surface area contributed by atoms with Crippen molar-refractivity contribution >= 4 is 12.8 Å². The lowest BCUT2D eigenvalue weighted by molar-refractivity contribution is -0.152. The summed E-state index contributed by atoms with van der Waals surface area (Å²) in [6.45, 7) is 4.72. The van der Waals surface area contributed by atoms with Gasteiger partial charge in [-0.1, -0.05) is 6.07 Å². The van der Waals surface area contributed by atoms with E-state index in [1.807, 2.05) is 6.79 Å². The summed E-state index contributed by atoms with van der Waals surface area (Å²) in [7, 11) is 0. The molecule has 0 aliphatic carbocycles. The fourth-order valence-electron chi connectivity index (χ4n) is 1.47. The molecule has 0 atom stereocenters. The molecule has 2 rings (SSSR count). The third kappa shape index (κ3) is 2.86. The third-order valence-electron chi connectivity index (χ3n) is 2.27. The zero-order valence-electron chi connectivity index (χ0n) is 9.38. The average Bonchev–Trinajstić information content (AvgIpc) is 2.80. The predicted octanol–water partition coefficient (Wildman–Crippen LogP) is 0.814. The smallest absolute Gasteiger partial charge is 0.354 e. The standard InChI is InChI=1S/C10H11NO4.CH2O/c1-10(14-5-6-15-10)8-4-2-3-7(11-8)9(12)13;1-2/h2-4H,5-6H2,1H3,(H,12,13);1H2. The molecule has 6 heteroatoms. The second-order valence-corrected chi connectivity index (χ2v) is 3.36. The number of carbonyl (C=O) groups is 2. The number of carboxylic acid groups (broad SMARTS) is 1. The van der Waals surface area contributed by atoms with E-state index < -0.39 is 11.8 Å². The van der Waals surface area contributed by atoms with Gasteiger partial charge >= 0.3 is 5.97 Å². The van der Waals surface area contributed by atoms with E-state index in [0.29, 0.717) is 18.9 Å². The normalized spacial score (nSPS) is 17.0. The summed E-state index contributed by atoms with van der Waals surface area (Å²) in [4.78, 5) is 22.7.